The molecule has 200 valence electrons. The summed E-state index contributed by atoms with van der Waals surface area (Å²) in [6, 6.07) is 17.7. The number of esters is 2. The van der Waals surface area contributed by atoms with Crippen molar-refractivity contribution < 1.29 is 28.7 Å². The van der Waals surface area contributed by atoms with E-state index in [1.54, 1.807) is 30.3 Å². The summed E-state index contributed by atoms with van der Waals surface area (Å²) < 4.78 is 10.4. The summed E-state index contributed by atoms with van der Waals surface area (Å²) in [6.45, 7) is 8.13. The van der Waals surface area contributed by atoms with Crippen LogP contribution in [-0.4, -0.2) is 30.9 Å². The number of hydrogen-bond acceptors (Lipinski definition) is 7. The van der Waals surface area contributed by atoms with Gasteiger partial charge in [0.15, 0.2) is 0 Å². The fourth-order valence-corrected chi connectivity index (χ4v) is 4.23. The first-order chi connectivity index (χ1) is 18.4. The summed E-state index contributed by atoms with van der Waals surface area (Å²) in [7, 11) is 1.26. The van der Waals surface area contributed by atoms with Crippen molar-refractivity contribution in [3.8, 4) is 5.75 Å². The van der Waals surface area contributed by atoms with Crippen molar-refractivity contribution in [2.24, 2.45) is 0 Å². The molecular formula is C30H27ClN2O6. The zero-order chi connectivity index (χ0) is 28.5. The van der Waals surface area contributed by atoms with Crippen molar-refractivity contribution in [1.29, 1.82) is 0 Å². The number of aryl methyl sites for hydroxylation is 1. The number of halogens is 1. The summed E-state index contributed by atoms with van der Waals surface area (Å²) in [5.41, 5.74) is 2.93. The molecule has 0 aliphatic carbocycles. The first kappa shape index (κ1) is 27.6. The lowest BCUT2D eigenvalue weighted by molar-refractivity contribution is -0.120. The lowest BCUT2D eigenvalue weighted by Crippen LogP contribution is -2.32. The minimum atomic E-state index is -0.706. The van der Waals surface area contributed by atoms with Gasteiger partial charge in [-0.1, -0.05) is 50.1 Å². The van der Waals surface area contributed by atoms with Crippen molar-refractivity contribution in [1.82, 2.24) is 0 Å². The summed E-state index contributed by atoms with van der Waals surface area (Å²) in [5, 5.41) is 2.59. The molecule has 9 heteroatoms. The third kappa shape index (κ3) is 5.71. The van der Waals surface area contributed by atoms with E-state index in [0.717, 1.165) is 16.0 Å². The van der Waals surface area contributed by atoms with Crippen LogP contribution >= 0.6 is 11.6 Å². The number of nitrogens with one attached hydrogen (secondary N) is 1. The largest absolute Gasteiger partial charge is 0.465 e. The van der Waals surface area contributed by atoms with Crippen molar-refractivity contribution >= 4 is 46.7 Å². The Morgan fingerprint density at radius 1 is 0.846 bits per heavy atom. The Labute approximate surface area is 231 Å². The van der Waals surface area contributed by atoms with E-state index in [0.29, 0.717) is 17.0 Å². The molecule has 0 bridgehead atoms. The van der Waals surface area contributed by atoms with Gasteiger partial charge in [-0.25, -0.2) is 14.5 Å². The average Bonchev–Trinajstić information content (AvgIpc) is 3.12. The van der Waals surface area contributed by atoms with Gasteiger partial charge in [-0.3, -0.25) is 9.59 Å². The Bertz CT molecular complexity index is 1500. The third-order valence-corrected chi connectivity index (χ3v) is 6.46. The monoisotopic (exact) mass is 546 g/mol. The molecule has 2 amide bonds. The molecule has 3 aromatic carbocycles. The van der Waals surface area contributed by atoms with Crippen LogP contribution in [0.15, 0.2) is 77.5 Å². The van der Waals surface area contributed by atoms with E-state index in [9.17, 15) is 19.2 Å². The van der Waals surface area contributed by atoms with Crippen LogP contribution in [0.3, 0.4) is 0 Å². The van der Waals surface area contributed by atoms with Crippen LogP contribution in [0.5, 0.6) is 5.75 Å². The number of rotatable bonds is 6. The molecule has 1 heterocycles. The van der Waals surface area contributed by atoms with Crippen molar-refractivity contribution in [2.45, 2.75) is 33.1 Å². The maximum Gasteiger partial charge on any atom is 0.343 e. The van der Waals surface area contributed by atoms with Gasteiger partial charge in [0.05, 0.1) is 23.9 Å². The molecule has 0 aromatic heterocycles. The molecule has 0 spiro atoms. The summed E-state index contributed by atoms with van der Waals surface area (Å²) in [6.07, 6.45) is 0. The number of methoxy groups -OCH3 is 1. The second-order valence-electron chi connectivity index (χ2n) is 10.0. The predicted octanol–water partition coefficient (Wildman–Crippen LogP) is 5.73. The van der Waals surface area contributed by atoms with Gasteiger partial charge in [0.25, 0.3) is 11.8 Å². The highest BCUT2D eigenvalue weighted by molar-refractivity contribution is 6.53. The Kier molecular flexibility index (Phi) is 7.60. The summed E-state index contributed by atoms with van der Waals surface area (Å²) in [4.78, 5) is 51.2. The van der Waals surface area contributed by atoms with Gasteiger partial charge in [-0.05, 0) is 66.9 Å². The normalized spacial score (nSPS) is 13.5. The molecule has 0 fully saturated rings. The quantitative estimate of drug-likeness (QED) is 0.239. The smallest absolute Gasteiger partial charge is 0.343 e. The molecule has 0 unspecified atom stereocenters. The highest BCUT2D eigenvalue weighted by atomic mass is 35.5. The van der Waals surface area contributed by atoms with Gasteiger partial charge in [0, 0.05) is 11.3 Å². The fourth-order valence-electron chi connectivity index (χ4n) is 4.02. The molecule has 1 N–H and O–H groups in total. The maximum absolute atomic E-state index is 13.1. The highest BCUT2D eigenvalue weighted by Gasteiger charge is 2.39. The second kappa shape index (κ2) is 10.7. The van der Waals surface area contributed by atoms with E-state index in [4.69, 9.17) is 16.3 Å². The maximum atomic E-state index is 13.1. The van der Waals surface area contributed by atoms with Gasteiger partial charge in [0.2, 0.25) is 0 Å². The van der Waals surface area contributed by atoms with Crippen LogP contribution in [0.4, 0.5) is 11.4 Å². The number of nitrogens with zero attached hydrogens (tertiary/aromatic N) is 1. The number of imide groups is 1. The minimum Gasteiger partial charge on any atom is -0.465 e. The molecule has 1 aliphatic heterocycles. The lowest BCUT2D eigenvalue weighted by atomic mass is 9.85. The van der Waals surface area contributed by atoms with E-state index < -0.39 is 23.8 Å². The molecule has 3 aromatic rings. The SMILES string of the molecule is COC(=O)c1ccc(N2C(=O)C(Cl)=C(Nc3ccc(C(=O)Oc4ccc(C)cc4C(C)(C)C)cc3)C2=O)cc1. The first-order valence-electron chi connectivity index (χ1n) is 12.1. The molecule has 39 heavy (non-hydrogen) atoms. The Morgan fingerprint density at radius 2 is 1.44 bits per heavy atom. The van der Waals surface area contributed by atoms with E-state index >= 15 is 0 Å². The lowest BCUT2D eigenvalue weighted by Gasteiger charge is -2.22. The summed E-state index contributed by atoms with van der Waals surface area (Å²) >= 11 is 6.21. The molecule has 0 atom stereocenters. The molecular weight excluding hydrogens is 520 g/mol. The van der Waals surface area contributed by atoms with Crippen LogP contribution in [-0.2, 0) is 19.7 Å². The van der Waals surface area contributed by atoms with Crippen LogP contribution in [0.2, 0.25) is 0 Å². The Hall–Kier alpha value is -4.43. The second-order valence-corrected chi connectivity index (χ2v) is 10.4. The molecule has 4 rings (SSSR count). The number of carbonyl (C=O) groups is 4. The highest BCUT2D eigenvalue weighted by Crippen LogP contribution is 2.33. The standard InChI is InChI=1S/C30H27ClN2O6/c1-17-6-15-23(22(16-17)30(2,3)4)39-29(37)19-7-11-20(12-8-19)32-25-24(31)26(34)33(27(25)35)21-13-9-18(10-14-21)28(36)38-5/h6-16,32H,1-5H3. The third-order valence-electron chi connectivity index (χ3n) is 6.11. The van der Waals surface area contributed by atoms with E-state index in [2.05, 4.69) is 10.1 Å². The number of anilines is 2. The molecule has 0 radical (unpaired) electrons. The Balaban J connectivity index is 1.48. The van der Waals surface area contributed by atoms with E-state index in [1.807, 2.05) is 39.8 Å². The van der Waals surface area contributed by atoms with Gasteiger partial charge in [0.1, 0.15) is 16.5 Å². The number of benzene rings is 3. The minimum absolute atomic E-state index is 0.108. The fraction of sp³-hybridized carbons (Fsp3) is 0.200. The molecule has 1 aliphatic rings. The zero-order valence-corrected chi connectivity index (χ0v) is 22.9. The zero-order valence-electron chi connectivity index (χ0n) is 22.1. The van der Waals surface area contributed by atoms with Gasteiger partial charge in [-0.15, -0.1) is 0 Å². The topological polar surface area (TPSA) is 102 Å². The van der Waals surface area contributed by atoms with Crippen LogP contribution in [0.1, 0.15) is 52.6 Å². The first-order valence-corrected chi connectivity index (χ1v) is 12.5. The number of ether oxygens (including phenoxy) is 2. The van der Waals surface area contributed by atoms with Crippen LogP contribution < -0.4 is 15.0 Å². The van der Waals surface area contributed by atoms with Gasteiger partial charge < -0.3 is 14.8 Å². The number of carbonyl (C=O) groups excluding carboxylic acids is 4. The number of hydrogen-bond donors (Lipinski definition) is 1. The van der Waals surface area contributed by atoms with Crippen LogP contribution in [0, 0.1) is 6.92 Å². The average molecular weight is 547 g/mol. The molecule has 0 saturated carbocycles. The number of amides is 2. The van der Waals surface area contributed by atoms with Crippen molar-refractivity contribution in [2.75, 3.05) is 17.3 Å². The van der Waals surface area contributed by atoms with Crippen LogP contribution in [0.25, 0.3) is 0 Å². The molecule has 0 saturated heterocycles. The van der Waals surface area contributed by atoms with E-state index in [-0.39, 0.29) is 27.4 Å². The van der Waals surface area contributed by atoms with Gasteiger partial charge >= 0.3 is 11.9 Å². The van der Waals surface area contributed by atoms with Crippen molar-refractivity contribution in [3.05, 3.63) is 99.7 Å². The Morgan fingerprint density at radius 3 is 2.03 bits per heavy atom. The van der Waals surface area contributed by atoms with Crippen molar-refractivity contribution in [3.63, 3.8) is 0 Å². The molecule has 8 nitrogen and oxygen atoms in total. The van der Waals surface area contributed by atoms with E-state index in [1.165, 1.54) is 31.4 Å². The summed E-state index contributed by atoms with van der Waals surface area (Å²) in [5.74, 6) is -1.94. The predicted molar refractivity (Wildman–Crippen MR) is 148 cm³/mol. The van der Waals surface area contributed by atoms with Gasteiger partial charge in [-0.2, -0.15) is 0 Å².